The lowest BCUT2D eigenvalue weighted by Gasteiger charge is -2.14. The second kappa shape index (κ2) is 7.29. The quantitative estimate of drug-likeness (QED) is 0.804. The van der Waals surface area contributed by atoms with Gasteiger partial charge in [-0.05, 0) is 24.1 Å². The second-order valence-corrected chi connectivity index (χ2v) is 8.22. The van der Waals surface area contributed by atoms with Crippen molar-refractivity contribution in [3.05, 3.63) is 40.9 Å². The number of rotatable bonds is 5. The Morgan fingerprint density at radius 1 is 1.27 bits per heavy atom. The highest BCUT2D eigenvalue weighted by Gasteiger charge is 2.17. The van der Waals surface area contributed by atoms with Gasteiger partial charge >= 0.3 is 0 Å². The van der Waals surface area contributed by atoms with E-state index in [1.54, 1.807) is 11.3 Å². The molecule has 0 radical (unpaired) electrons. The SMILES string of the molecule is CCc1ccc(NC(=O)CSc2nc(C(C)(C)C)cs2)cc1. The lowest BCUT2D eigenvalue weighted by atomic mass is 9.93. The number of thioether (sulfide) groups is 1. The van der Waals surface area contributed by atoms with Gasteiger partial charge in [0.05, 0.1) is 11.4 Å². The predicted molar refractivity (Wildman–Crippen MR) is 96.0 cm³/mol. The second-order valence-electron chi connectivity index (χ2n) is 6.14. The standard InChI is InChI=1S/C17H22N2OS2/c1-5-12-6-8-13(9-7-12)18-15(20)11-22-16-19-14(10-21-16)17(2,3)4/h6-10H,5,11H2,1-4H3,(H,18,20). The van der Waals surface area contributed by atoms with E-state index in [2.05, 4.69) is 43.4 Å². The fraction of sp³-hybridized carbons (Fsp3) is 0.412. The smallest absolute Gasteiger partial charge is 0.234 e. The minimum atomic E-state index is 0.00163. The molecule has 1 aromatic heterocycles. The van der Waals surface area contributed by atoms with Crippen LogP contribution in [-0.4, -0.2) is 16.6 Å². The first-order chi connectivity index (χ1) is 10.4. The van der Waals surface area contributed by atoms with Crippen LogP contribution >= 0.6 is 23.1 Å². The molecule has 0 fully saturated rings. The molecular formula is C17H22N2OS2. The van der Waals surface area contributed by atoms with Gasteiger partial charge < -0.3 is 5.32 Å². The Hall–Kier alpha value is -1.33. The van der Waals surface area contributed by atoms with E-state index in [4.69, 9.17) is 0 Å². The Kier molecular flexibility index (Phi) is 5.64. The lowest BCUT2D eigenvalue weighted by molar-refractivity contribution is -0.113. The molecule has 2 rings (SSSR count). The van der Waals surface area contributed by atoms with Crippen LogP contribution in [0.2, 0.25) is 0 Å². The molecule has 0 unspecified atom stereocenters. The summed E-state index contributed by atoms with van der Waals surface area (Å²) < 4.78 is 0.946. The topological polar surface area (TPSA) is 42.0 Å². The third-order valence-electron chi connectivity index (χ3n) is 3.22. The molecule has 0 atom stereocenters. The molecule has 118 valence electrons. The molecule has 1 amide bonds. The average molecular weight is 335 g/mol. The normalized spacial score (nSPS) is 11.5. The van der Waals surface area contributed by atoms with E-state index in [0.717, 1.165) is 22.1 Å². The number of hydrogen-bond donors (Lipinski definition) is 1. The zero-order chi connectivity index (χ0) is 16.2. The van der Waals surface area contributed by atoms with Gasteiger partial charge in [0.15, 0.2) is 4.34 Å². The number of nitrogens with zero attached hydrogens (tertiary/aromatic N) is 1. The molecule has 2 aromatic rings. The molecule has 0 saturated heterocycles. The van der Waals surface area contributed by atoms with E-state index in [-0.39, 0.29) is 11.3 Å². The summed E-state index contributed by atoms with van der Waals surface area (Å²) in [5, 5.41) is 4.99. The van der Waals surface area contributed by atoms with Gasteiger partial charge in [-0.2, -0.15) is 0 Å². The number of carbonyl (C=O) groups is 1. The van der Waals surface area contributed by atoms with Gasteiger partial charge in [-0.3, -0.25) is 4.79 Å². The third kappa shape index (κ3) is 4.85. The molecule has 1 heterocycles. The number of anilines is 1. The van der Waals surface area contributed by atoms with Crippen molar-refractivity contribution >= 4 is 34.7 Å². The van der Waals surface area contributed by atoms with Crippen molar-refractivity contribution in [1.29, 1.82) is 0 Å². The van der Waals surface area contributed by atoms with Gasteiger partial charge in [-0.15, -0.1) is 11.3 Å². The number of amides is 1. The molecule has 1 N–H and O–H groups in total. The number of aryl methyl sites for hydroxylation is 1. The summed E-state index contributed by atoms with van der Waals surface area (Å²) in [6, 6.07) is 7.98. The number of carbonyl (C=O) groups excluding carboxylic acids is 1. The number of thiazole rings is 1. The monoisotopic (exact) mass is 334 g/mol. The minimum absolute atomic E-state index is 0.00163. The van der Waals surface area contributed by atoms with Crippen LogP contribution in [0, 0.1) is 0 Å². The van der Waals surface area contributed by atoms with E-state index in [0.29, 0.717) is 5.75 Å². The molecule has 0 bridgehead atoms. The van der Waals surface area contributed by atoms with E-state index in [9.17, 15) is 4.79 Å². The van der Waals surface area contributed by atoms with Gasteiger partial charge in [-0.1, -0.05) is 51.6 Å². The van der Waals surface area contributed by atoms with Crippen molar-refractivity contribution in [2.45, 2.75) is 43.9 Å². The first kappa shape index (κ1) is 17.0. The Morgan fingerprint density at radius 2 is 1.95 bits per heavy atom. The van der Waals surface area contributed by atoms with Crippen LogP contribution < -0.4 is 5.32 Å². The average Bonchev–Trinajstić information content (AvgIpc) is 2.95. The van der Waals surface area contributed by atoms with Crippen LogP contribution in [0.1, 0.15) is 39.0 Å². The molecule has 1 aromatic carbocycles. The maximum Gasteiger partial charge on any atom is 0.234 e. The fourth-order valence-electron chi connectivity index (χ4n) is 1.82. The number of benzene rings is 1. The summed E-state index contributed by atoms with van der Waals surface area (Å²) in [4.78, 5) is 16.6. The van der Waals surface area contributed by atoms with Crippen molar-refractivity contribution in [2.24, 2.45) is 0 Å². The highest BCUT2D eigenvalue weighted by atomic mass is 32.2. The fourth-order valence-corrected chi connectivity index (χ4v) is 3.67. The molecule has 0 spiro atoms. The molecule has 0 aliphatic carbocycles. The van der Waals surface area contributed by atoms with Crippen molar-refractivity contribution in [1.82, 2.24) is 4.98 Å². The van der Waals surface area contributed by atoms with Gasteiger partial charge in [0.1, 0.15) is 0 Å². The Morgan fingerprint density at radius 3 is 2.50 bits per heavy atom. The summed E-state index contributed by atoms with van der Waals surface area (Å²) in [7, 11) is 0. The van der Waals surface area contributed by atoms with Crippen LogP contribution in [0.4, 0.5) is 5.69 Å². The summed E-state index contributed by atoms with van der Waals surface area (Å²) in [6.07, 6.45) is 1.00. The highest BCUT2D eigenvalue weighted by molar-refractivity contribution is 8.01. The first-order valence-corrected chi connectivity index (χ1v) is 9.22. The lowest BCUT2D eigenvalue weighted by Crippen LogP contribution is -2.14. The Bertz CT molecular complexity index is 627. The Labute approximate surface area is 140 Å². The zero-order valence-corrected chi connectivity index (χ0v) is 15.1. The summed E-state index contributed by atoms with van der Waals surface area (Å²) in [5.41, 5.74) is 3.25. The third-order valence-corrected chi connectivity index (χ3v) is 5.25. The van der Waals surface area contributed by atoms with E-state index in [1.807, 2.05) is 24.3 Å². The molecular weight excluding hydrogens is 312 g/mol. The van der Waals surface area contributed by atoms with Crippen molar-refractivity contribution in [2.75, 3.05) is 11.1 Å². The van der Waals surface area contributed by atoms with E-state index in [1.165, 1.54) is 17.3 Å². The van der Waals surface area contributed by atoms with Crippen LogP contribution in [-0.2, 0) is 16.6 Å². The summed E-state index contributed by atoms with van der Waals surface area (Å²) >= 11 is 3.09. The van der Waals surface area contributed by atoms with Gasteiger partial charge in [-0.25, -0.2) is 4.98 Å². The minimum Gasteiger partial charge on any atom is -0.325 e. The molecule has 22 heavy (non-hydrogen) atoms. The number of aromatic nitrogens is 1. The molecule has 0 aliphatic heterocycles. The van der Waals surface area contributed by atoms with Gasteiger partial charge in [0.2, 0.25) is 5.91 Å². The largest absolute Gasteiger partial charge is 0.325 e. The molecule has 5 heteroatoms. The van der Waals surface area contributed by atoms with Crippen molar-refractivity contribution in [3.63, 3.8) is 0 Å². The van der Waals surface area contributed by atoms with Crippen molar-refractivity contribution in [3.8, 4) is 0 Å². The Balaban J connectivity index is 1.85. The van der Waals surface area contributed by atoms with Crippen LogP contribution in [0.15, 0.2) is 34.0 Å². The van der Waals surface area contributed by atoms with Crippen molar-refractivity contribution < 1.29 is 4.79 Å². The number of nitrogens with one attached hydrogen (secondary N) is 1. The van der Waals surface area contributed by atoms with Gasteiger partial charge in [0, 0.05) is 16.5 Å². The molecule has 0 saturated carbocycles. The van der Waals surface area contributed by atoms with E-state index < -0.39 is 0 Å². The van der Waals surface area contributed by atoms with Crippen LogP contribution in [0.5, 0.6) is 0 Å². The summed E-state index contributed by atoms with van der Waals surface area (Å²) in [5.74, 6) is 0.383. The van der Waals surface area contributed by atoms with E-state index >= 15 is 0 Å². The predicted octanol–water partition coefficient (Wildman–Crippen LogP) is 4.73. The first-order valence-electron chi connectivity index (χ1n) is 7.36. The van der Waals surface area contributed by atoms with Gasteiger partial charge in [0.25, 0.3) is 0 Å². The molecule has 3 nitrogen and oxygen atoms in total. The molecule has 0 aliphatic rings. The highest BCUT2D eigenvalue weighted by Crippen LogP contribution is 2.29. The zero-order valence-electron chi connectivity index (χ0n) is 13.5. The maximum atomic E-state index is 12.0. The summed E-state index contributed by atoms with van der Waals surface area (Å²) in [6.45, 7) is 8.54. The number of hydrogen-bond acceptors (Lipinski definition) is 4. The maximum absolute atomic E-state index is 12.0. The van der Waals surface area contributed by atoms with Crippen LogP contribution in [0.25, 0.3) is 0 Å². The van der Waals surface area contributed by atoms with Crippen LogP contribution in [0.3, 0.4) is 0 Å².